The molecule has 2 aromatic rings. The maximum absolute atomic E-state index is 12.3. The molecule has 0 radical (unpaired) electrons. The third kappa shape index (κ3) is 2.67. The summed E-state index contributed by atoms with van der Waals surface area (Å²) in [7, 11) is 0. The maximum atomic E-state index is 12.3. The molecular formula is C17H10ClNO3. The van der Waals surface area contributed by atoms with Crippen LogP contribution in [0.5, 0.6) is 11.5 Å². The number of halogens is 1. The summed E-state index contributed by atoms with van der Waals surface area (Å²) in [5.41, 5.74) is 1.17. The van der Waals surface area contributed by atoms with Crippen molar-refractivity contribution in [3.05, 3.63) is 64.4 Å². The number of nitrogens with zero attached hydrogens (tertiary/aromatic N) is 1. The third-order valence-electron chi connectivity index (χ3n) is 3.14. The van der Waals surface area contributed by atoms with Gasteiger partial charge in [0.25, 0.3) is 0 Å². The zero-order valence-corrected chi connectivity index (χ0v) is 12.1. The van der Waals surface area contributed by atoms with Crippen molar-refractivity contribution >= 4 is 23.5 Å². The van der Waals surface area contributed by atoms with Crippen LogP contribution < -0.4 is 9.47 Å². The highest BCUT2D eigenvalue weighted by molar-refractivity contribution is 6.32. The molecule has 0 saturated heterocycles. The van der Waals surface area contributed by atoms with Gasteiger partial charge in [-0.15, -0.1) is 0 Å². The number of fused-ring (bicyclic) bond motifs is 1. The highest BCUT2D eigenvalue weighted by Crippen LogP contribution is 2.35. The second-order valence-electron chi connectivity index (χ2n) is 4.57. The van der Waals surface area contributed by atoms with Gasteiger partial charge >= 0.3 is 0 Å². The lowest BCUT2D eigenvalue weighted by atomic mass is 10.1. The van der Waals surface area contributed by atoms with Crippen LogP contribution in [0.25, 0.3) is 6.08 Å². The van der Waals surface area contributed by atoms with Crippen LogP contribution >= 0.6 is 11.6 Å². The monoisotopic (exact) mass is 311 g/mol. The summed E-state index contributed by atoms with van der Waals surface area (Å²) in [5, 5.41) is 9.06. The summed E-state index contributed by atoms with van der Waals surface area (Å²) < 4.78 is 10.8. The van der Waals surface area contributed by atoms with E-state index in [1.54, 1.807) is 36.4 Å². The van der Waals surface area contributed by atoms with Gasteiger partial charge in [0.1, 0.15) is 17.6 Å². The van der Waals surface area contributed by atoms with Crippen molar-refractivity contribution in [3.8, 4) is 17.6 Å². The van der Waals surface area contributed by atoms with Crippen LogP contribution in [0.15, 0.2) is 48.2 Å². The van der Waals surface area contributed by atoms with E-state index in [9.17, 15) is 4.79 Å². The third-order valence-corrected chi connectivity index (χ3v) is 3.48. The van der Waals surface area contributed by atoms with Crippen molar-refractivity contribution < 1.29 is 14.3 Å². The lowest BCUT2D eigenvalue weighted by Gasteiger charge is -2.03. The van der Waals surface area contributed by atoms with Crippen molar-refractivity contribution in [2.75, 3.05) is 6.61 Å². The second kappa shape index (κ2) is 5.92. The number of carbonyl (C=O) groups excluding carboxylic acids is 1. The summed E-state index contributed by atoms with van der Waals surface area (Å²) >= 11 is 6.08. The van der Waals surface area contributed by atoms with Gasteiger partial charge in [0.05, 0.1) is 5.56 Å². The number of nitriles is 1. The van der Waals surface area contributed by atoms with Crippen LogP contribution in [-0.4, -0.2) is 12.4 Å². The molecule has 0 aromatic heterocycles. The van der Waals surface area contributed by atoms with Crippen molar-refractivity contribution in [3.63, 3.8) is 0 Å². The van der Waals surface area contributed by atoms with Gasteiger partial charge in [0.2, 0.25) is 5.78 Å². The van der Waals surface area contributed by atoms with Crippen molar-refractivity contribution in [2.24, 2.45) is 0 Å². The Morgan fingerprint density at radius 3 is 2.86 bits per heavy atom. The van der Waals surface area contributed by atoms with Gasteiger partial charge < -0.3 is 9.47 Å². The average Bonchev–Trinajstić information content (AvgIpc) is 2.83. The Morgan fingerprint density at radius 1 is 1.27 bits per heavy atom. The van der Waals surface area contributed by atoms with Gasteiger partial charge in [-0.05, 0) is 29.8 Å². The zero-order chi connectivity index (χ0) is 15.5. The number of ether oxygens (including phenoxy) is 2. The minimum atomic E-state index is -0.207. The quantitative estimate of drug-likeness (QED) is 0.808. The summed E-state index contributed by atoms with van der Waals surface area (Å²) in [6, 6.07) is 13.9. The standard InChI is InChI=1S/C17H10ClNO3/c18-14-4-2-1-3-11(14)9-16-17(20)13-6-5-12(21-8-7-19)10-15(13)22-16/h1-6,9-10H,8H2/b16-9-. The first-order valence-corrected chi connectivity index (χ1v) is 6.89. The topological polar surface area (TPSA) is 59.3 Å². The fraction of sp³-hybridized carbons (Fsp3) is 0.0588. The van der Waals surface area contributed by atoms with E-state index in [2.05, 4.69) is 0 Å². The molecule has 0 atom stereocenters. The zero-order valence-electron chi connectivity index (χ0n) is 11.4. The molecule has 0 saturated carbocycles. The number of hydrogen-bond acceptors (Lipinski definition) is 4. The largest absolute Gasteiger partial charge is 0.479 e. The molecule has 0 aliphatic carbocycles. The Labute approximate surface area is 132 Å². The van der Waals surface area contributed by atoms with E-state index in [1.807, 2.05) is 18.2 Å². The highest BCUT2D eigenvalue weighted by atomic mass is 35.5. The summed E-state index contributed by atoms with van der Waals surface area (Å²) in [6.07, 6.45) is 1.61. The van der Waals surface area contributed by atoms with Crippen LogP contribution in [0.2, 0.25) is 5.02 Å². The molecule has 0 amide bonds. The van der Waals surface area contributed by atoms with Crippen LogP contribution in [0.4, 0.5) is 0 Å². The normalized spacial score (nSPS) is 14.4. The molecule has 0 unspecified atom stereocenters. The lowest BCUT2D eigenvalue weighted by molar-refractivity contribution is 0.101. The summed E-state index contributed by atoms with van der Waals surface area (Å²) in [4.78, 5) is 12.3. The molecule has 1 aliphatic rings. The molecule has 1 aliphatic heterocycles. The SMILES string of the molecule is N#CCOc1ccc2c(c1)O/C(=C\c1ccccc1Cl)C2=O. The minimum absolute atomic E-state index is 0.0605. The maximum Gasteiger partial charge on any atom is 0.231 e. The van der Waals surface area contributed by atoms with E-state index in [4.69, 9.17) is 26.3 Å². The number of Topliss-reactive ketones (excluding diaryl/α,β-unsaturated/α-hetero) is 1. The second-order valence-corrected chi connectivity index (χ2v) is 4.97. The van der Waals surface area contributed by atoms with Crippen molar-refractivity contribution in [2.45, 2.75) is 0 Å². The molecular weight excluding hydrogens is 302 g/mol. The molecule has 0 fully saturated rings. The summed E-state index contributed by atoms with van der Waals surface area (Å²) in [5.74, 6) is 0.896. The van der Waals surface area contributed by atoms with Crippen molar-refractivity contribution in [1.29, 1.82) is 5.26 Å². The number of allylic oxidation sites excluding steroid dienone is 1. The number of ketones is 1. The summed E-state index contributed by atoms with van der Waals surface area (Å²) in [6.45, 7) is -0.0605. The van der Waals surface area contributed by atoms with E-state index in [-0.39, 0.29) is 18.1 Å². The van der Waals surface area contributed by atoms with Crippen LogP contribution in [-0.2, 0) is 0 Å². The smallest absolute Gasteiger partial charge is 0.231 e. The van der Waals surface area contributed by atoms with E-state index in [0.717, 1.165) is 0 Å². The Bertz CT molecular complexity index is 821. The first-order valence-electron chi connectivity index (χ1n) is 6.51. The predicted molar refractivity (Wildman–Crippen MR) is 81.9 cm³/mol. The number of hydrogen-bond donors (Lipinski definition) is 0. The first-order chi connectivity index (χ1) is 10.7. The van der Waals surface area contributed by atoms with E-state index in [0.29, 0.717) is 27.6 Å². The minimum Gasteiger partial charge on any atom is -0.479 e. The van der Waals surface area contributed by atoms with Gasteiger partial charge in [-0.25, -0.2) is 0 Å². The van der Waals surface area contributed by atoms with E-state index < -0.39 is 0 Å². The van der Waals surface area contributed by atoms with Gasteiger partial charge in [0, 0.05) is 11.1 Å². The Balaban J connectivity index is 1.91. The highest BCUT2D eigenvalue weighted by Gasteiger charge is 2.27. The van der Waals surface area contributed by atoms with Crippen LogP contribution in [0.1, 0.15) is 15.9 Å². The molecule has 22 heavy (non-hydrogen) atoms. The van der Waals surface area contributed by atoms with E-state index in [1.165, 1.54) is 0 Å². The molecule has 0 N–H and O–H groups in total. The fourth-order valence-electron chi connectivity index (χ4n) is 2.11. The van der Waals surface area contributed by atoms with Gasteiger partial charge in [-0.1, -0.05) is 29.8 Å². The van der Waals surface area contributed by atoms with Gasteiger partial charge in [0.15, 0.2) is 12.4 Å². The average molecular weight is 312 g/mol. The molecule has 3 rings (SSSR count). The number of rotatable bonds is 3. The molecule has 108 valence electrons. The Morgan fingerprint density at radius 2 is 2.09 bits per heavy atom. The first kappa shape index (κ1) is 14.2. The number of benzene rings is 2. The predicted octanol–water partition coefficient (Wildman–Crippen LogP) is 3.86. The molecule has 5 heteroatoms. The number of carbonyl (C=O) groups is 1. The van der Waals surface area contributed by atoms with E-state index >= 15 is 0 Å². The van der Waals surface area contributed by atoms with Crippen LogP contribution in [0, 0.1) is 11.3 Å². The van der Waals surface area contributed by atoms with Gasteiger partial charge in [-0.2, -0.15) is 5.26 Å². The molecule has 2 aromatic carbocycles. The van der Waals surface area contributed by atoms with Gasteiger partial charge in [-0.3, -0.25) is 4.79 Å². The lowest BCUT2D eigenvalue weighted by Crippen LogP contribution is -1.98. The molecule has 0 bridgehead atoms. The molecule has 0 spiro atoms. The van der Waals surface area contributed by atoms with Crippen LogP contribution in [0.3, 0.4) is 0 Å². The Hall–Kier alpha value is -2.77. The van der Waals surface area contributed by atoms with Crippen molar-refractivity contribution in [1.82, 2.24) is 0 Å². The Kier molecular flexibility index (Phi) is 3.82. The molecule has 1 heterocycles. The molecule has 4 nitrogen and oxygen atoms in total. The fourth-order valence-corrected chi connectivity index (χ4v) is 2.30.